The van der Waals surface area contributed by atoms with Crippen LogP contribution in [0.5, 0.6) is 0 Å². The van der Waals surface area contributed by atoms with Crippen LogP contribution in [0.2, 0.25) is 5.15 Å². The molecule has 0 atom stereocenters. The third-order valence-corrected chi connectivity index (χ3v) is 3.28. The maximum atomic E-state index is 12.5. The van der Waals surface area contributed by atoms with Gasteiger partial charge in [0, 0.05) is 19.7 Å². The number of anilines is 1. The fourth-order valence-corrected chi connectivity index (χ4v) is 2.06. The molecule has 100 valence electrons. The number of halogens is 4. The predicted octanol–water partition coefficient (Wildman–Crippen LogP) is 3.39. The van der Waals surface area contributed by atoms with Crippen molar-refractivity contribution in [2.24, 2.45) is 5.92 Å². The minimum Gasteiger partial charge on any atom is -0.359 e. The van der Waals surface area contributed by atoms with Crippen LogP contribution >= 0.6 is 11.6 Å². The zero-order chi connectivity index (χ0) is 13.3. The highest BCUT2D eigenvalue weighted by atomic mass is 35.5. The second kappa shape index (κ2) is 4.91. The molecule has 18 heavy (non-hydrogen) atoms. The van der Waals surface area contributed by atoms with Crippen LogP contribution in [-0.2, 0) is 6.18 Å². The van der Waals surface area contributed by atoms with Gasteiger partial charge < -0.3 is 4.90 Å². The van der Waals surface area contributed by atoms with Crippen LogP contribution in [0, 0.1) is 5.92 Å². The summed E-state index contributed by atoms with van der Waals surface area (Å²) in [5.41, 5.74) is 0. The number of alkyl halides is 3. The Balaban J connectivity index is 2.18. The minimum absolute atomic E-state index is 0.187. The van der Waals surface area contributed by atoms with Crippen LogP contribution in [-0.4, -0.2) is 23.6 Å². The van der Waals surface area contributed by atoms with E-state index in [1.165, 1.54) is 12.5 Å². The quantitative estimate of drug-likeness (QED) is 0.794. The van der Waals surface area contributed by atoms with Gasteiger partial charge >= 0.3 is 6.18 Å². The molecule has 1 saturated carbocycles. The Labute approximate surface area is 108 Å². The highest BCUT2D eigenvalue weighted by Gasteiger charge is 2.35. The van der Waals surface area contributed by atoms with Crippen LogP contribution in [0.4, 0.5) is 19.0 Å². The fraction of sp³-hybridized carbons (Fsp3) is 0.636. The molecule has 0 amide bonds. The van der Waals surface area contributed by atoms with Crippen LogP contribution in [0.15, 0.2) is 6.07 Å². The summed E-state index contributed by atoms with van der Waals surface area (Å²) in [4.78, 5) is 8.43. The van der Waals surface area contributed by atoms with Crippen molar-refractivity contribution in [2.75, 3.05) is 18.5 Å². The van der Waals surface area contributed by atoms with Gasteiger partial charge in [-0.25, -0.2) is 9.97 Å². The second-order valence-corrected chi connectivity index (χ2v) is 4.93. The van der Waals surface area contributed by atoms with Gasteiger partial charge in [0.25, 0.3) is 0 Å². The van der Waals surface area contributed by atoms with E-state index in [1.807, 2.05) is 0 Å². The van der Waals surface area contributed by atoms with Crippen LogP contribution in [0.25, 0.3) is 0 Å². The lowest BCUT2D eigenvalue weighted by Gasteiger charge is -2.30. The molecule has 7 heteroatoms. The SMILES string of the molecule is CN(CC1CCC1)c1cc(Cl)nc(C(F)(F)F)n1. The molecule has 0 saturated heterocycles. The molecule has 0 aliphatic heterocycles. The van der Waals surface area contributed by atoms with E-state index in [9.17, 15) is 13.2 Å². The molecule has 1 aromatic heterocycles. The average molecular weight is 280 g/mol. The highest BCUT2D eigenvalue weighted by Crippen LogP contribution is 2.31. The number of hydrogen-bond acceptors (Lipinski definition) is 3. The molecule has 0 bridgehead atoms. The third-order valence-electron chi connectivity index (χ3n) is 3.08. The molecule has 0 N–H and O–H groups in total. The van der Waals surface area contributed by atoms with E-state index >= 15 is 0 Å². The molecule has 1 aromatic rings. The van der Waals surface area contributed by atoms with Crippen molar-refractivity contribution < 1.29 is 13.2 Å². The van der Waals surface area contributed by atoms with Crippen molar-refractivity contribution in [1.82, 2.24) is 9.97 Å². The van der Waals surface area contributed by atoms with E-state index < -0.39 is 12.0 Å². The van der Waals surface area contributed by atoms with Crippen molar-refractivity contribution in [2.45, 2.75) is 25.4 Å². The van der Waals surface area contributed by atoms with Crippen molar-refractivity contribution in [1.29, 1.82) is 0 Å². The number of rotatable bonds is 3. The summed E-state index contributed by atoms with van der Waals surface area (Å²) in [5.74, 6) is -0.433. The van der Waals surface area contributed by atoms with E-state index in [4.69, 9.17) is 11.6 Å². The summed E-state index contributed by atoms with van der Waals surface area (Å²) >= 11 is 5.61. The molecular formula is C11H13ClF3N3. The average Bonchev–Trinajstić information content (AvgIpc) is 2.21. The molecule has 1 aliphatic carbocycles. The standard InChI is InChI=1S/C11H13ClF3N3/c1-18(6-7-3-2-4-7)9-5-8(12)16-10(17-9)11(13,14)15/h5,7H,2-4,6H2,1H3. The van der Waals surface area contributed by atoms with E-state index in [2.05, 4.69) is 9.97 Å². The first-order valence-electron chi connectivity index (χ1n) is 5.69. The smallest absolute Gasteiger partial charge is 0.359 e. The largest absolute Gasteiger partial charge is 0.451 e. The molecule has 0 radical (unpaired) electrons. The second-order valence-electron chi connectivity index (χ2n) is 4.55. The monoisotopic (exact) mass is 279 g/mol. The summed E-state index contributed by atoms with van der Waals surface area (Å²) in [5, 5.41) is -0.187. The molecule has 1 fully saturated rings. The Morgan fingerprint density at radius 3 is 2.56 bits per heavy atom. The van der Waals surface area contributed by atoms with Gasteiger partial charge in [-0.1, -0.05) is 18.0 Å². The first-order valence-corrected chi connectivity index (χ1v) is 6.07. The zero-order valence-electron chi connectivity index (χ0n) is 9.84. The number of hydrogen-bond donors (Lipinski definition) is 0. The van der Waals surface area contributed by atoms with Gasteiger partial charge in [0.15, 0.2) is 0 Å². The first-order chi connectivity index (χ1) is 8.36. The van der Waals surface area contributed by atoms with E-state index in [0.717, 1.165) is 12.8 Å². The van der Waals surface area contributed by atoms with Crippen LogP contribution in [0.1, 0.15) is 25.1 Å². The van der Waals surface area contributed by atoms with Gasteiger partial charge in [-0.2, -0.15) is 13.2 Å². The molecular weight excluding hydrogens is 267 g/mol. The molecule has 3 nitrogen and oxygen atoms in total. The Kier molecular flexibility index (Phi) is 3.66. The van der Waals surface area contributed by atoms with Crippen LogP contribution < -0.4 is 4.90 Å². The van der Waals surface area contributed by atoms with E-state index in [-0.39, 0.29) is 11.0 Å². The summed E-state index contributed by atoms with van der Waals surface area (Å²) in [6.45, 7) is 0.699. The third kappa shape index (κ3) is 3.04. The van der Waals surface area contributed by atoms with Crippen molar-refractivity contribution >= 4 is 17.4 Å². The topological polar surface area (TPSA) is 29.0 Å². The van der Waals surface area contributed by atoms with E-state index in [1.54, 1.807) is 11.9 Å². The maximum absolute atomic E-state index is 12.5. The van der Waals surface area contributed by atoms with Gasteiger partial charge in [0.05, 0.1) is 0 Å². The molecule has 0 unspecified atom stereocenters. The lowest BCUT2D eigenvalue weighted by atomic mass is 9.85. The van der Waals surface area contributed by atoms with Gasteiger partial charge in [-0.15, -0.1) is 0 Å². The Morgan fingerprint density at radius 2 is 2.06 bits per heavy atom. The first kappa shape index (κ1) is 13.4. The summed E-state index contributed by atoms with van der Waals surface area (Å²) in [7, 11) is 1.72. The lowest BCUT2D eigenvalue weighted by molar-refractivity contribution is -0.144. The Morgan fingerprint density at radius 1 is 1.39 bits per heavy atom. The number of aromatic nitrogens is 2. The van der Waals surface area contributed by atoms with Gasteiger partial charge in [-0.05, 0) is 18.8 Å². The molecule has 2 rings (SSSR count). The maximum Gasteiger partial charge on any atom is 0.451 e. The number of nitrogens with zero attached hydrogens (tertiary/aromatic N) is 3. The van der Waals surface area contributed by atoms with Gasteiger partial charge in [0.1, 0.15) is 11.0 Å². The summed E-state index contributed by atoms with van der Waals surface area (Å²) in [6.07, 6.45) is -1.14. The lowest BCUT2D eigenvalue weighted by Crippen LogP contribution is -2.30. The Bertz CT molecular complexity index is 432. The van der Waals surface area contributed by atoms with Crippen molar-refractivity contribution in [3.8, 4) is 0 Å². The molecule has 0 spiro atoms. The van der Waals surface area contributed by atoms with Gasteiger partial charge in [0.2, 0.25) is 5.82 Å². The van der Waals surface area contributed by atoms with Crippen LogP contribution in [0.3, 0.4) is 0 Å². The predicted molar refractivity (Wildman–Crippen MR) is 62.7 cm³/mol. The summed E-state index contributed by atoms with van der Waals surface area (Å²) < 4.78 is 37.6. The van der Waals surface area contributed by atoms with Crippen molar-refractivity contribution in [3.05, 3.63) is 17.0 Å². The normalized spacial score (nSPS) is 16.5. The molecule has 0 aromatic carbocycles. The van der Waals surface area contributed by atoms with Gasteiger partial charge in [-0.3, -0.25) is 0 Å². The fourth-order valence-electron chi connectivity index (χ4n) is 1.88. The Hall–Kier alpha value is -1.04. The minimum atomic E-state index is -4.57. The zero-order valence-corrected chi connectivity index (χ0v) is 10.6. The molecule has 1 aliphatic rings. The van der Waals surface area contributed by atoms with Crippen molar-refractivity contribution in [3.63, 3.8) is 0 Å². The van der Waals surface area contributed by atoms with E-state index in [0.29, 0.717) is 12.5 Å². The molecule has 1 heterocycles. The summed E-state index contributed by atoms with van der Waals surface area (Å²) in [6, 6.07) is 1.36. The highest BCUT2D eigenvalue weighted by molar-refractivity contribution is 6.29.